The molecule has 240 valence electrons. The van der Waals surface area contributed by atoms with Crippen molar-refractivity contribution in [2.75, 3.05) is 0 Å². The molecule has 8 heteroatoms. The standard InChI is InChI=1S/C37H44ClNO6/c1-15(2)28-27(40)31-37(45-31)23(43-28)9-10-33(6)34(7)18(8-11-35(33,37)41)29-25-24-21(39-30(25)34)14-20(38)17-12-16(3)19-13-22(32(4,5)44-29)36(19,42)26(17)24/h14,18-19,22-23,27-29,31,39-42H,1,3,8-13H2,2,4-7H3/t18?,19-,22-,23+,27+,28-,29+,31-,33-,34-,35+,36-,37+/m1/s1. The number of nitrogens with one attached hydrogen (secondary N) is 1. The molecule has 10 rings (SSSR count). The lowest BCUT2D eigenvalue weighted by atomic mass is 9.40. The Morgan fingerprint density at radius 3 is 2.60 bits per heavy atom. The molecule has 5 aliphatic carbocycles. The first-order chi connectivity index (χ1) is 21.1. The number of aliphatic hydroxyl groups is 3. The highest BCUT2D eigenvalue weighted by molar-refractivity contribution is 6.32. The lowest BCUT2D eigenvalue weighted by molar-refractivity contribution is -0.281. The van der Waals surface area contributed by atoms with Crippen LogP contribution in [0.25, 0.3) is 10.9 Å². The van der Waals surface area contributed by atoms with Crippen LogP contribution in [0.2, 0.25) is 5.02 Å². The Kier molecular flexibility index (Phi) is 4.89. The second-order valence-corrected chi connectivity index (χ2v) is 17.4. The van der Waals surface area contributed by atoms with Crippen LogP contribution in [0, 0.1) is 23.2 Å². The molecule has 3 aliphatic heterocycles. The lowest BCUT2D eigenvalue weighted by Crippen LogP contribution is -2.76. The monoisotopic (exact) mass is 633 g/mol. The van der Waals surface area contributed by atoms with Gasteiger partial charge in [-0.2, -0.15) is 0 Å². The van der Waals surface area contributed by atoms with Crippen molar-refractivity contribution >= 4 is 22.5 Å². The molecule has 1 spiro atoms. The SMILES string of the molecule is C=C(C)[C@H]1O[C@H]2CC[C@@]3(C)[C@@](O)(CCC4[C@@H]5OC(C)(C)[C@H]6C[C@@H]7C(=C)Cc8c(Cl)cc9[nH]c(c5c9c8[C@@]76O)[C@@]43C)[C@]23O[C@@H]3[C@H]1O. The van der Waals surface area contributed by atoms with E-state index in [1.165, 1.54) is 0 Å². The maximum absolute atomic E-state index is 13.2. The molecule has 1 unspecified atom stereocenters. The first-order valence-electron chi connectivity index (χ1n) is 16.9. The van der Waals surface area contributed by atoms with Crippen molar-refractivity contribution in [3.05, 3.63) is 57.8 Å². The maximum atomic E-state index is 13.2. The predicted molar refractivity (Wildman–Crippen MR) is 169 cm³/mol. The van der Waals surface area contributed by atoms with E-state index >= 15 is 0 Å². The second-order valence-electron chi connectivity index (χ2n) is 17.0. The fraction of sp³-hybridized carbons (Fsp3) is 0.676. The van der Waals surface area contributed by atoms with Crippen LogP contribution in [0.1, 0.15) is 95.2 Å². The van der Waals surface area contributed by atoms with Gasteiger partial charge in [0.1, 0.15) is 29.5 Å². The molecule has 45 heavy (non-hydrogen) atoms. The fourth-order valence-corrected chi connectivity index (χ4v) is 13.2. The van der Waals surface area contributed by atoms with Gasteiger partial charge in [0.15, 0.2) is 5.60 Å². The number of epoxide rings is 1. The van der Waals surface area contributed by atoms with E-state index in [0.717, 1.165) is 63.7 Å². The first-order valence-corrected chi connectivity index (χ1v) is 17.3. The minimum atomic E-state index is -1.24. The predicted octanol–water partition coefficient (Wildman–Crippen LogP) is 5.66. The molecule has 3 saturated carbocycles. The largest absolute Gasteiger partial charge is 0.387 e. The Hall–Kier alpha value is -1.71. The van der Waals surface area contributed by atoms with Gasteiger partial charge in [-0.05, 0) is 82.1 Å². The highest BCUT2D eigenvalue weighted by Crippen LogP contribution is 2.78. The Morgan fingerprint density at radius 2 is 1.87 bits per heavy atom. The van der Waals surface area contributed by atoms with Crippen LogP contribution >= 0.6 is 11.6 Å². The Morgan fingerprint density at radius 1 is 1.11 bits per heavy atom. The van der Waals surface area contributed by atoms with Crippen LogP contribution < -0.4 is 0 Å². The van der Waals surface area contributed by atoms with Gasteiger partial charge in [0, 0.05) is 55.8 Å². The molecular weight excluding hydrogens is 590 g/mol. The maximum Gasteiger partial charge on any atom is 0.153 e. The summed E-state index contributed by atoms with van der Waals surface area (Å²) in [5, 5.41) is 39.1. The number of aromatic amines is 1. The highest BCUT2D eigenvalue weighted by atomic mass is 35.5. The van der Waals surface area contributed by atoms with Gasteiger partial charge < -0.3 is 34.5 Å². The zero-order valence-electron chi connectivity index (χ0n) is 26.8. The third-order valence-corrected chi connectivity index (χ3v) is 15.5. The number of fused-ring (bicyclic) bond motifs is 5. The fourth-order valence-electron chi connectivity index (χ4n) is 12.9. The molecule has 5 fully saturated rings. The summed E-state index contributed by atoms with van der Waals surface area (Å²) in [4.78, 5) is 3.87. The number of ether oxygens (including phenoxy) is 3. The summed E-state index contributed by atoms with van der Waals surface area (Å²) in [5.74, 6) is -0.0241. The number of hydrogen-bond acceptors (Lipinski definition) is 6. The van der Waals surface area contributed by atoms with Crippen LogP contribution in [0.5, 0.6) is 0 Å². The third-order valence-electron chi connectivity index (χ3n) is 15.2. The minimum absolute atomic E-state index is 0.0254. The zero-order chi connectivity index (χ0) is 31.6. The summed E-state index contributed by atoms with van der Waals surface area (Å²) in [5.41, 5.74) is 1.86. The second kappa shape index (κ2) is 7.78. The molecule has 0 bridgehead atoms. The number of H-pyrrole nitrogens is 1. The topological polar surface area (TPSA) is 107 Å². The highest BCUT2D eigenvalue weighted by Gasteiger charge is 2.87. The van der Waals surface area contributed by atoms with E-state index in [4.69, 9.17) is 25.8 Å². The summed E-state index contributed by atoms with van der Waals surface area (Å²) in [7, 11) is 0. The van der Waals surface area contributed by atoms with Gasteiger partial charge in [-0.25, -0.2) is 0 Å². The summed E-state index contributed by atoms with van der Waals surface area (Å²) in [6.45, 7) is 19.2. The molecule has 1 aromatic heterocycles. The molecule has 0 amide bonds. The summed E-state index contributed by atoms with van der Waals surface area (Å²) < 4.78 is 20.4. The van der Waals surface area contributed by atoms with Crippen molar-refractivity contribution < 1.29 is 29.5 Å². The summed E-state index contributed by atoms with van der Waals surface area (Å²) >= 11 is 7.06. The van der Waals surface area contributed by atoms with E-state index in [0.29, 0.717) is 24.3 Å². The number of halogens is 1. The average Bonchev–Trinajstić information content (AvgIpc) is 3.55. The van der Waals surface area contributed by atoms with Crippen molar-refractivity contribution in [1.29, 1.82) is 0 Å². The number of rotatable bonds is 1. The molecule has 4 heterocycles. The van der Waals surface area contributed by atoms with Crippen molar-refractivity contribution in [3.63, 3.8) is 0 Å². The molecule has 4 N–H and O–H groups in total. The lowest BCUT2D eigenvalue weighted by Gasteiger charge is -2.66. The number of aliphatic hydroxyl groups excluding tert-OH is 1. The van der Waals surface area contributed by atoms with Crippen molar-refractivity contribution in [2.45, 2.75) is 131 Å². The normalized spacial score (nSPS) is 52.5. The van der Waals surface area contributed by atoms with E-state index < -0.39 is 51.5 Å². The average molecular weight is 634 g/mol. The van der Waals surface area contributed by atoms with Gasteiger partial charge in [-0.15, -0.1) is 0 Å². The Balaban J connectivity index is 1.21. The molecule has 13 atom stereocenters. The van der Waals surface area contributed by atoms with Gasteiger partial charge >= 0.3 is 0 Å². The van der Waals surface area contributed by atoms with Crippen LogP contribution in [0.15, 0.2) is 30.4 Å². The van der Waals surface area contributed by atoms with E-state index in [9.17, 15) is 15.3 Å². The quantitative estimate of drug-likeness (QED) is 0.238. The van der Waals surface area contributed by atoms with E-state index in [1.54, 1.807) is 0 Å². The minimum Gasteiger partial charge on any atom is -0.387 e. The number of aromatic nitrogens is 1. The summed E-state index contributed by atoms with van der Waals surface area (Å²) in [6, 6.07) is 2.02. The molecule has 2 saturated heterocycles. The van der Waals surface area contributed by atoms with Crippen LogP contribution in [0.3, 0.4) is 0 Å². The zero-order valence-corrected chi connectivity index (χ0v) is 27.6. The van der Waals surface area contributed by atoms with Crippen LogP contribution in [0.4, 0.5) is 0 Å². The van der Waals surface area contributed by atoms with E-state index in [2.05, 4.69) is 45.8 Å². The first kappa shape index (κ1) is 28.3. The molecule has 8 aliphatic rings. The number of hydrogen-bond donors (Lipinski definition) is 4. The van der Waals surface area contributed by atoms with Crippen LogP contribution in [-0.2, 0) is 31.6 Å². The van der Waals surface area contributed by atoms with Gasteiger partial charge in [0.25, 0.3) is 0 Å². The molecule has 0 radical (unpaired) electrons. The molecule has 1 aromatic carbocycles. The Labute approximate surface area is 269 Å². The molecule has 2 aromatic rings. The van der Waals surface area contributed by atoms with Gasteiger partial charge in [0.2, 0.25) is 0 Å². The smallest absolute Gasteiger partial charge is 0.153 e. The van der Waals surface area contributed by atoms with Crippen LogP contribution in [-0.4, -0.2) is 61.5 Å². The van der Waals surface area contributed by atoms with Gasteiger partial charge in [-0.3, -0.25) is 0 Å². The van der Waals surface area contributed by atoms with Gasteiger partial charge in [0.05, 0.1) is 17.8 Å². The van der Waals surface area contributed by atoms with Gasteiger partial charge in [-0.1, -0.05) is 44.2 Å². The van der Waals surface area contributed by atoms with E-state index in [-0.39, 0.29) is 30.0 Å². The number of benzene rings is 1. The molecule has 7 nitrogen and oxygen atoms in total. The van der Waals surface area contributed by atoms with Crippen molar-refractivity contribution in [1.82, 2.24) is 4.98 Å². The Bertz CT molecular complexity index is 1800. The summed E-state index contributed by atoms with van der Waals surface area (Å²) in [6.07, 6.45) is 1.83. The van der Waals surface area contributed by atoms with E-state index in [1.807, 2.05) is 13.0 Å². The third kappa shape index (κ3) is 2.64. The molecular formula is C37H44ClNO6. The van der Waals surface area contributed by atoms with Crippen molar-refractivity contribution in [2.24, 2.45) is 23.2 Å². The van der Waals surface area contributed by atoms with Crippen molar-refractivity contribution in [3.8, 4) is 0 Å².